The van der Waals surface area contributed by atoms with E-state index in [9.17, 15) is 13.2 Å². The van der Waals surface area contributed by atoms with Crippen molar-refractivity contribution in [2.24, 2.45) is 5.92 Å². The molecule has 2 unspecified atom stereocenters. The number of benzene rings is 1. The van der Waals surface area contributed by atoms with Crippen LogP contribution in [0.4, 0.5) is 0 Å². The molecule has 2 heterocycles. The van der Waals surface area contributed by atoms with E-state index in [0.29, 0.717) is 19.3 Å². The molecule has 4 heteroatoms. The van der Waals surface area contributed by atoms with Crippen LogP contribution in [0.25, 0.3) is 0 Å². The van der Waals surface area contributed by atoms with Gasteiger partial charge in [-0.3, -0.25) is 4.79 Å². The van der Waals surface area contributed by atoms with Gasteiger partial charge in [-0.1, -0.05) is 24.6 Å². The molecule has 0 saturated carbocycles. The van der Waals surface area contributed by atoms with Crippen LogP contribution in [0.2, 0.25) is 0 Å². The number of sulfone groups is 1. The number of hydrogen-bond acceptors (Lipinski definition) is 3. The first kappa shape index (κ1) is 15.7. The van der Waals surface area contributed by atoms with Crippen molar-refractivity contribution in [2.75, 3.05) is 0 Å². The first-order chi connectivity index (χ1) is 10.4. The molecule has 0 amide bonds. The Morgan fingerprint density at radius 1 is 1.14 bits per heavy atom. The van der Waals surface area contributed by atoms with E-state index < -0.39 is 9.84 Å². The second-order valence-electron chi connectivity index (χ2n) is 6.93. The molecule has 2 bridgehead atoms. The van der Waals surface area contributed by atoms with Crippen LogP contribution in [0.15, 0.2) is 18.2 Å². The van der Waals surface area contributed by atoms with Crippen molar-refractivity contribution in [3.8, 4) is 0 Å². The molecular formula is C18H24O3S. The maximum absolute atomic E-state index is 12.7. The molecule has 3 nitrogen and oxygen atoms in total. The molecule has 2 saturated heterocycles. The number of fused-ring (bicyclic) bond motifs is 2. The molecule has 1 aromatic carbocycles. The van der Waals surface area contributed by atoms with Crippen LogP contribution < -0.4 is 0 Å². The summed E-state index contributed by atoms with van der Waals surface area (Å²) in [6.07, 6.45) is 4.01. The van der Waals surface area contributed by atoms with E-state index in [1.54, 1.807) is 0 Å². The van der Waals surface area contributed by atoms with Crippen LogP contribution in [-0.4, -0.2) is 24.7 Å². The van der Waals surface area contributed by atoms with Crippen LogP contribution in [0.1, 0.15) is 48.8 Å². The lowest BCUT2D eigenvalue weighted by atomic mass is 9.84. The monoisotopic (exact) mass is 320 g/mol. The SMILES string of the molecule is Cc1cccc(CC(=O)C2CC3CCCC(C2)S3(=O)=O)c1C. The zero-order chi connectivity index (χ0) is 15.9. The van der Waals surface area contributed by atoms with Gasteiger partial charge in [0.2, 0.25) is 0 Å². The van der Waals surface area contributed by atoms with Crippen LogP contribution in [0, 0.1) is 19.8 Å². The molecule has 0 N–H and O–H groups in total. The second-order valence-corrected chi connectivity index (χ2v) is 9.45. The minimum Gasteiger partial charge on any atom is -0.299 e. The van der Waals surface area contributed by atoms with Gasteiger partial charge in [-0.25, -0.2) is 8.42 Å². The summed E-state index contributed by atoms with van der Waals surface area (Å²) in [6.45, 7) is 4.11. The lowest BCUT2D eigenvalue weighted by Gasteiger charge is -2.38. The standard InChI is InChI=1S/C18H24O3S/c1-12-5-3-6-14(13(12)2)11-18(19)15-9-16-7-4-8-17(10-15)22(16,20)21/h3,5-6,15-17H,4,7-11H2,1-2H3. The summed E-state index contributed by atoms with van der Waals surface area (Å²) in [6, 6.07) is 6.06. The third-order valence-electron chi connectivity index (χ3n) is 5.61. The van der Waals surface area contributed by atoms with E-state index in [4.69, 9.17) is 0 Å². The Labute approximate surface area is 133 Å². The summed E-state index contributed by atoms with van der Waals surface area (Å²) in [5.74, 6) is 0.152. The molecule has 2 aliphatic heterocycles. The van der Waals surface area contributed by atoms with E-state index >= 15 is 0 Å². The van der Waals surface area contributed by atoms with Crippen molar-refractivity contribution >= 4 is 15.6 Å². The molecule has 3 rings (SSSR count). The van der Waals surface area contributed by atoms with Crippen LogP contribution >= 0.6 is 0 Å². The van der Waals surface area contributed by atoms with Gasteiger partial charge in [0.15, 0.2) is 9.84 Å². The quantitative estimate of drug-likeness (QED) is 0.859. The van der Waals surface area contributed by atoms with Gasteiger partial charge in [0.05, 0.1) is 10.5 Å². The van der Waals surface area contributed by atoms with Crippen molar-refractivity contribution < 1.29 is 13.2 Å². The van der Waals surface area contributed by atoms with Crippen molar-refractivity contribution in [3.63, 3.8) is 0 Å². The van der Waals surface area contributed by atoms with E-state index in [1.807, 2.05) is 12.1 Å². The molecule has 0 aromatic heterocycles. The fraction of sp³-hybridized carbons (Fsp3) is 0.611. The molecule has 1 aromatic rings. The molecule has 120 valence electrons. The molecule has 22 heavy (non-hydrogen) atoms. The van der Waals surface area contributed by atoms with Gasteiger partial charge in [-0.15, -0.1) is 0 Å². The minimum absolute atomic E-state index is 0.0706. The number of carbonyl (C=O) groups is 1. The smallest absolute Gasteiger partial charge is 0.156 e. The van der Waals surface area contributed by atoms with Gasteiger partial charge in [0.25, 0.3) is 0 Å². The van der Waals surface area contributed by atoms with Crippen molar-refractivity contribution in [2.45, 2.75) is 62.9 Å². The molecular weight excluding hydrogens is 296 g/mol. The van der Waals surface area contributed by atoms with E-state index in [0.717, 1.165) is 24.8 Å². The van der Waals surface area contributed by atoms with Gasteiger partial charge >= 0.3 is 0 Å². The summed E-state index contributed by atoms with van der Waals surface area (Å²) in [5.41, 5.74) is 3.47. The highest BCUT2D eigenvalue weighted by Gasteiger charge is 2.45. The number of Topliss-reactive ketones (excluding diaryl/α,β-unsaturated/α-hetero) is 1. The van der Waals surface area contributed by atoms with Crippen molar-refractivity contribution in [1.29, 1.82) is 0 Å². The number of hydrogen-bond donors (Lipinski definition) is 0. The second kappa shape index (κ2) is 5.80. The maximum Gasteiger partial charge on any atom is 0.156 e. The number of carbonyl (C=O) groups excluding carboxylic acids is 1. The Morgan fingerprint density at radius 2 is 1.77 bits per heavy atom. The Morgan fingerprint density at radius 3 is 2.41 bits per heavy atom. The highest BCUT2D eigenvalue weighted by atomic mass is 32.2. The first-order valence-electron chi connectivity index (χ1n) is 8.20. The van der Waals surface area contributed by atoms with Gasteiger partial charge < -0.3 is 0 Å². The summed E-state index contributed by atoms with van der Waals surface area (Å²) in [5, 5.41) is -0.542. The van der Waals surface area contributed by atoms with Crippen LogP contribution in [0.5, 0.6) is 0 Å². The Hall–Kier alpha value is -1.16. The lowest BCUT2D eigenvalue weighted by molar-refractivity contribution is -0.122. The summed E-state index contributed by atoms with van der Waals surface area (Å²) in [4.78, 5) is 12.7. The summed E-state index contributed by atoms with van der Waals surface area (Å²) in [7, 11) is -2.97. The highest BCUT2D eigenvalue weighted by Crippen LogP contribution is 2.40. The topological polar surface area (TPSA) is 51.2 Å². The average Bonchev–Trinajstić information content (AvgIpc) is 2.42. The zero-order valence-corrected chi connectivity index (χ0v) is 14.2. The van der Waals surface area contributed by atoms with Gasteiger partial charge in [0, 0.05) is 12.3 Å². The molecule has 0 spiro atoms. The lowest BCUT2D eigenvalue weighted by Crippen LogP contribution is -2.45. The van der Waals surface area contributed by atoms with E-state index in [-0.39, 0.29) is 22.2 Å². The highest BCUT2D eigenvalue weighted by molar-refractivity contribution is 7.92. The van der Waals surface area contributed by atoms with Crippen molar-refractivity contribution in [3.05, 3.63) is 34.9 Å². The minimum atomic E-state index is -2.97. The Kier molecular flexibility index (Phi) is 4.15. The van der Waals surface area contributed by atoms with Gasteiger partial charge in [-0.05, 0) is 56.2 Å². The first-order valence-corrected chi connectivity index (χ1v) is 9.81. The molecule has 2 aliphatic rings. The molecule has 2 atom stereocenters. The third kappa shape index (κ3) is 2.73. The van der Waals surface area contributed by atoms with Gasteiger partial charge in [-0.2, -0.15) is 0 Å². The molecule has 0 aliphatic carbocycles. The average molecular weight is 320 g/mol. The number of rotatable bonds is 3. The maximum atomic E-state index is 12.7. The summed E-state index contributed by atoms with van der Waals surface area (Å²) >= 11 is 0. The Bertz CT molecular complexity index is 670. The van der Waals surface area contributed by atoms with Crippen LogP contribution in [0.3, 0.4) is 0 Å². The number of ketones is 1. The normalized spacial score (nSPS) is 30.0. The fourth-order valence-electron chi connectivity index (χ4n) is 4.01. The van der Waals surface area contributed by atoms with Crippen LogP contribution in [-0.2, 0) is 21.1 Å². The largest absolute Gasteiger partial charge is 0.299 e. The van der Waals surface area contributed by atoms with Gasteiger partial charge in [0.1, 0.15) is 5.78 Å². The van der Waals surface area contributed by atoms with E-state index in [2.05, 4.69) is 19.9 Å². The fourth-order valence-corrected chi connectivity index (χ4v) is 6.54. The molecule has 2 fully saturated rings. The predicted octanol–water partition coefficient (Wildman–Crippen LogP) is 3.16. The third-order valence-corrected chi connectivity index (χ3v) is 8.33. The molecule has 0 radical (unpaired) electrons. The summed E-state index contributed by atoms with van der Waals surface area (Å²) < 4.78 is 24.6. The van der Waals surface area contributed by atoms with E-state index in [1.165, 1.54) is 11.1 Å². The van der Waals surface area contributed by atoms with Crippen molar-refractivity contribution in [1.82, 2.24) is 0 Å². The zero-order valence-electron chi connectivity index (χ0n) is 13.3. The predicted molar refractivity (Wildman–Crippen MR) is 87.7 cm³/mol. The Balaban J connectivity index is 1.75. The number of aryl methyl sites for hydroxylation is 1.